The summed E-state index contributed by atoms with van der Waals surface area (Å²) in [6, 6.07) is 16.3. The fourth-order valence-electron chi connectivity index (χ4n) is 2.97. The summed E-state index contributed by atoms with van der Waals surface area (Å²) in [5, 5.41) is 6.17. The van der Waals surface area contributed by atoms with Crippen molar-refractivity contribution < 1.29 is 4.79 Å². The number of benzene rings is 2. The Kier molecular flexibility index (Phi) is 4.62. The molecule has 1 amide bonds. The molecule has 7 nitrogen and oxygen atoms in total. The molecule has 0 spiro atoms. The minimum absolute atomic E-state index is 0.274. The highest BCUT2D eigenvalue weighted by molar-refractivity contribution is 7.19. The molecule has 28 heavy (non-hydrogen) atoms. The van der Waals surface area contributed by atoms with Crippen molar-refractivity contribution in [1.82, 2.24) is 14.8 Å². The predicted molar refractivity (Wildman–Crippen MR) is 110 cm³/mol. The third kappa shape index (κ3) is 3.37. The summed E-state index contributed by atoms with van der Waals surface area (Å²) in [6.07, 6.45) is 0. The SMILES string of the molecule is Cc1nc(NC(=O)Cn2[nH]c(=O)c3ccccc3c2=O)sc1-c1ccccc1. The predicted octanol–water partition coefficient (Wildman–Crippen LogP) is 2.76. The molecule has 2 heterocycles. The van der Waals surface area contributed by atoms with Crippen molar-refractivity contribution in [3.05, 3.63) is 81.0 Å². The highest BCUT2D eigenvalue weighted by atomic mass is 32.1. The molecule has 4 aromatic rings. The maximum absolute atomic E-state index is 12.5. The zero-order chi connectivity index (χ0) is 19.7. The zero-order valence-corrected chi connectivity index (χ0v) is 15.7. The number of thiazole rings is 1. The molecule has 0 unspecified atom stereocenters. The molecular weight excluding hydrogens is 376 g/mol. The Labute approximate surface area is 163 Å². The van der Waals surface area contributed by atoms with Crippen molar-refractivity contribution in [3.63, 3.8) is 0 Å². The summed E-state index contributed by atoms with van der Waals surface area (Å²) in [5.74, 6) is -0.443. The molecule has 4 rings (SSSR count). The van der Waals surface area contributed by atoms with Gasteiger partial charge in [0.05, 0.1) is 21.3 Å². The van der Waals surface area contributed by atoms with Crippen LogP contribution in [0.4, 0.5) is 5.13 Å². The first-order valence-electron chi connectivity index (χ1n) is 8.57. The lowest BCUT2D eigenvalue weighted by Crippen LogP contribution is -2.34. The van der Waals surface area contributed by atoms with Crippen molar-refractivity contribution in [2.24, 2.45) is 0 Å². The monoisotopic (exact) mass is 392 g/mol. The van der Waals surface area contributed by atoms with Crippen LogP contribution in [0.5, 0.6) is 0 Å². The van der Waals surface area contributed by atoms with Crippen molar-refractivity contribution in [2.75, 3.05) is 5.32 Å². The number of amides is 1. The Balaban J connectivity index is 1.58. The van der Waals surface area contributed by atoms with E-state index in [0.29, 0.717) is 10.5 Å². The van der Waals surface area contributed by atoms with Crippen molar-refractivity contribution in [2.45, 2.75) is 13.5 Å². The van der Waals surface area contributed by atoms with Crippen LogP contribution >= 0.6 is 11.3 Å². The van der Waals surface area contributed by atoms with Gasteiger partial charge in [-0.3, -0.25) is 19.5 Å². The molecule has 2 aromatic carbocycles. The molecule has 0 radical (unpaired) electrons. The lowest BCUT2D eigenvalue weighted by Gasteiger charge is -2.06. The number of hydrogen-bond donors (Lipinski definition) is 2. The molecule has 8 heteroatoms. The molecule has 0 aliphatic carbocycles. The maximum Gasteiger partial charge on any atom is 0.273 e. The van der Waals surface area contributed by atoms with Gasteiger partial charge in [-0.15, -0.1) is 0 Å². The highest BCUT2D eigenvalue weighted by Crippen LogP contribution is 2.32. The fourth-order valence-corrected chi connectivity index (χ4v) is 3.96. The quantitative estimate of drug-likeness (QED) is 0.558. The molecule has 0 atom stereocenters. The summed E-state index contributed by atoms with van der Waals surface area (Å²) in [5.41, 5.74) is 0.987. The van der Waals surface area contributed by atoms with Crippen LogP contribution in [-0.4, -0.2) is 20.7 Å². The number of carbonyl (C=O) groups excluding carboxylic acids is 1. The summed E-state index contributed by atoms with van der Waals surface area (Å²) < 4.78 is 1.01. The molecule has 2 N–H and O–H groups in total. The first-order valence-corrected chi connectivity index (χ1v) is 9.39. The molecule has 2 aromatic heterocycles. The Morgan fingerprint density at radius 2 is 1.75 bits per heavy atom. The Bertz CT molecular complexity index is 1290. The summed E-state index contributed by atoms with van der Waals surface area (Å²) in [4.78, 5) is 42.4. The second-order valence-electron chi connectivity index (χ2n) is 6.23. The average Bonchev–Trinajstić information content (AvgIpc) is 3.06. The van der Waals surface area contributed by atoms with Crippen LogP contribution < -0.4 is 16.4 Å². The maximum atomic E-state index is 12.5. The van der Waals surface area contributed by atoms with Gasteiger partial charge in [-0.05, 0) is 24.6 Å². The topological polar surface area (TPSA) is 96.8 Å². The van der Waals surface area contributed by atoms with E-state index in [1.807, 2.05) is 37.3 Å². The third-order valence-electron chi connectivity index (χ3n) is 4.26. The first-order chi connectivity index (χ1) is 13.5. The van der Waals surface area contributed by atoms with Crippen LogP contribution in [0.3, 0.4) is 0 Å². The number of nitrogens with one attached hydrogen (secondary N) is 2. The lowest BCUT2D eigenvalue weighted by molar-refractivity contribution is -0.117. The number of aromatic nitrogens is 3. The molecule has 0 aliphatic heterocycles. The van der Waals surface area contributed by atoms with E-state index in [-0.39, 0.29) is 11.9 Å². The Hall–Kier alpha value is -3.52. The van der Waals surface area contributed by atoms with E-state index in [4.69, 9.17) is 0 Å². The molecule has 0 saturated carbocycles. The highest BCUT2D eigenvalue weighted by Gasteiger charge is 2.14. The zero-order valence-electron chi connectivity index (χ0n) is 14.9. The third-order valence-corrected chi connectivity index (χ3v) is 5.39. The number of anilines is 1. The van der Waals surface area contributed by atoms with Gasteiger partial charge in [0.15, 0.2) is 5.13 Å². The lowest BCUT2D eigenvalue weighted by atomic mass is 10.2. The minimum Gasteiger partial charge on any atom is -0.300 e. The number of fused-ring (bicyclic) bond motifs is 1. The normalized spacial score (nSPS) is 10.9. The van der Waals surface area contributed by atoms with E-state index < -0.39 is 17.0 Å². The van der Waals surface area contributed by atoms with Gasteiger partial charge in [0.1, 0.15) is 6.54 Å². The largest absolute Gasteiger partial charge is 0.300 e. The standard InChI is InChI=1S/C20H16N4O3S/c1-12-17(13-7-3-2-4-8-13)28-20(21-12)22-16(25)11-24-19(27)15-10-6-5-9-14(15)18(26)23-24/h2-10H,11H2,1H3,(H,23,26)(H,21,22,25). The number of nitrogens with zero attached hydrogens (tertiary/aromatic N) is 2. The average molecular weight is 392 g/mol. The summed E-state index contributed by atoms with van der Waals surface area (Å²) in [6.45, 7) is 1.57. The van der Waals surface area contributed by atoms with E-state index >= 15 is 0 Å². The van der Waals surface area contributed by atoms with Crippen molar-refractivity contribution >= 4 is 33.1 Å². The second-order valence-corrected chi connectivity index (χ2v) is 7.22. The van der Waals surface area contributed by atoms with E-state index in [2.05, 4.69) is 15.4 Å². The van der Waals surface area contributed by atoms with Crippen LogP contribution in [0.25, 0.3) is 21.2 Å². The fraction of sp³-hybridized carbons (Fsp3) is 0.100. The molecule has 0 saturated heterocycles. The number of aromatic amines is 1. The van der Waals surface area contributed by atoms with Crippen LogP contribution in [-0.2, 0) is 11.3 Å². The van der Waals surface area contributed by atoms with Gasteiger partial charge in [-0.2, -0.15) is 0 Å². The van der Waals surface area contributed by atoms with E-state index in [1.165, 1.54) is 11.3 Å². The Morgan fingerprint density at radius 3 is 2.50 bits per heavy atom. The molecule has 140 valence electrons. The van der Waals surface area contributed by atoms with Gasteiger partial charge in [0, 0.05) is 0 Å². The number of carbonyl (C=O) groups is 1. The van der Waals surface area contributed by atoms with E-state index in [1.54, 1.807) is 24.3 Å². The number of hydrogen-bond acceptors (Lipinski definition) is 5. The van der Waals surface area contributed by atoms with Crippen LogP contribution in [0.1, 0.15) is 5.69 Å². The van der Waals surface area contributed by atoms with Crippen molar-refractivity contribution in [1.29, 1.82) is 0 Å². The molecule has 0 fully saturated rings. The van der Waals surface area contributed by atoms with E-state index in [9.17, 15) is 14.4 Å². The minimum atomic E-state index is -0.443. The number of rotatable bonds is 4. The van der Waals surface area contributed by atoms with Crippen LogP contribution in [0, 0.1) is 6.92 Å². The van der Waals surface area contributed by atoms with Crippen LogP contribution in [0.15, 0.2) is 64.2 Å². The smallest absolute Gasteiger partial charge is 0.273 e. The van der Waals surface area contributed by atoms with Gasteiger partial charge >= 0.3 is 0 Å². The van der Waals surface area contributed by atoms with Gasteiger partial charge in [-0.1, -0.05) is 53.8 Å². The Morgan fingerprint density at radius 1 is 1.07 bits per heavy atom. The van der Waals surface area contributed by atoms with Crippen molar-refractivity contribution in [3.8, 4) is 10.4 Å². The van der Waals surface area contributed by atoms with Gasteiger partial charge in [0.25, 0.3) is 11.1 Å². The molecule has 0 bridgehead atoms. The van der Waals surface area contributed by atoms with Gasteiger partial charge < -0.3 is 5.32 Å². The molecule has 0 aliphatic rings. The summed E-state index contributed by atoms with van der Waals surface area (Å²) in [7, 11) is 0. The van der Waals surface area contributed by atoms with Crippen LogP contribution in [0.2, 0.25) is 0 Å². The summed E-state index contributed by atoms with van der Waals surface area (Å²) >= 11 is 1.36. The molecular formula is C20H16N4O3S. The number of H-pyrrole nitrogens is 1. The number of aryl methyl sites for hydroxylation is 1. The van der Waals surface area contributed by atoms with Gasteiger partial charge in [0.2, 0.25) is 5.91 Å². The van der Waals surface area contributed by atoms with E-state index in [0.717, 1.165) is 20.8 Å². The van der Waals surface area contributed by atoms with Gasteiger partial charge in [-0.25, -0.2) is 9.67 Å². The first kappa shape index (κ1) is 17.9. The second kappa shape index (κ2) is 7.24.